The predicted octanol–water partition coefficient (Wildman–Crippen LogP) is 11.7. The Morgan fingerprint density at radius 3 is 2.29 bits per heavy atom. The molecule has 3 aliphatic heterocycles. The number of β-amino-alcohol motifs (C(OH)–C–C–N with tert-alkyl or cyclic N) is 1. The Kier molecular flexibility index (Phi) is 23.4. The molecule has 0 unspecified atom stereocenters. The van der Waals surface area contributed by atoms with Crippen molar-refractivity contribution in [2.24, 2.45) is 5.41 Å². The van der Waals surface area contributed by atoms with E-state index in [1.165, 1.54) is 22.3 Å². The number of hydrogen-bond donors (Lipinski definition) is 5. The summed E-state index contributed by atoms with van der Waals surface area (Å²) >= 11 is 4.43. The van der Waals surface area contributed by atoms with Gasteiger partial charge in [-0.2, -0.15) is 0 Å². The maximum atomic E-state index is 15.3. The topological polar surface area (TPSA) is 249 Å². The number of carboxylic acids is 1. The smallest absolute Gasteiger partial charge is 0.355 e. The Labute approximate surface area is 561 Å². The number of piperazine rings is 1. The van der Waals surface area contributed by atoms with Crippen LogP contribution in [0.5, 0.6) is 5.75 Å². The molecule has 0 spiro atoms. The maximum Gasteiger partial charge on any atom is 0.355 e. The Bertz CT molecular complexity index is 3840. The van der Waals surface area contributed by atoms with Crippen molar-refractivity contribution in [2.45, 2.75) is 162 Å². The van der Waals surface area contributed by atoms with Crippen LogP contribution in [-0.2, 0) is 32.0 Å². The number of ether oxygens (including phenoxy) is 1. The number of amides is 4. The van der Waals surface area contributed by atoms with Crippen LogP contribution in [0.15, 0.2) is 72.2 Å². The van der Waals surface area contributed by atoms with Crippen LogP contribution >= 0.6 is 34.0 Å². The van der Waals surface area contributed by atoms with Gasteiger partial charge in [-0.05, 0) is 106 Å². The van der Waals surface area contributed by atoms with E-state index in [0.717, 1.165) is 106 Å². The first kappa shape index (κ1) is 68.9. The van der Waals surface area contributed by atoms with Crippen molar-refractivity contribution >= 4 is 95.7 Å². The molecule has 4 atom stereocenters. The highest BCUT2D eigenvalue weighted by Gasteiger charge is 2.45. The van der Waals surface area contributed by atoms with Gasteiger partial charge in [0.25, 0.3) is 0 Å². The van der Waals surface area contributed by atoms with E-state index in [1.807, 2.05) is 105 Å². The Morgan fingerprint density at radius 1 is 0.851 bits per heavy atom. The van der Waals surface area contributed by atoms with E-state index >= 15 is 4.39 Å². The van der Waals surface area contributed by atoms with E-state index in [2.05, 4.69) is 57.8 Å². The molecule has 4 amide bonds. The number of unbranched alkanes of at least 4 members (excludes halogenated alkanes) is 7. The molecule has 0 radical (unpaired) electrons. The number of aromatic nitrogens is 5. The lowest BCUT2D eigenvalue weighted by Crippen LogP contribution is -2.57. The fraction of sp³-hybridized carbons (Fsp3) is 0.486. The summed E-state index contributed by atoms with van der Waals surface area (Å²) in [6.45, 7) is 15.5. The molecule has 7 aromatic rings. The highest BCUT2D eigenvalue weighted by atomic mass is 32.1. The third-order valence-corrected chi connectivity index (χ3v) is 20.7. The minimum absolute atomic E-state index is 0.0129. The van der Waals surface area contributed by atoms with E-state index in [1.54, 1.807) is 34.8 Å². The van der Waals surface area contributed by atoms with Crippen molar-refractivity contribution < 1.29 is 43.3 Å². The summed E-state index contributed by atoms with van der Waals surface area (Å²) in [5.74, 6) is 5.19. The zero-order chi connectivity index (χ0) is 66.5. The second kappa shape index (κ2) is 32.0. The molecule has 20 nitrogen and oxygen atoms in total. The molecule has 94 heavy (non-hydrogen) atoms. The van der Waals surface area contributed by atoms with Crippen molar-refractivity contribution in [3.8, 4) is 28.0 Å². The Morgan fingerprint density at radius 2 is 1.59 bits per heavy atom. The first-order valence-corrected chi connectivity index (χ1v) is 35.3. The number of carboxylic acid groups (broad SMARTS) is 1. The molecule has 498 valence electrons. The molecule has 2 fully saturated rings. The molecule has 0 aliphatic carbocycles. The number of hydrogen-bond acceptors (Lipinski definition) is 18. The number of para-hydroxylation sites is 1. The van der Waals surface area contributed by atoms with Crippen LogP contribution in [0.25, 0.3) is 20.7 Å². The summed E-state index contributed by atoms with van der Waals surface area (Å²) in [5, 5.41) is 40.6. The summed E-state index contributed by atoms with van der Waals surface area (Å²) < 4.78 is 22.2. The predicted molar refractivity (Wildman–Crippen MR) is 367 cm³/mol. The Hall–Kier alpha value is -7.95. The first-order chi connectivity index (χ1) is 45.3. The number of aliphatic hydroxyl groups excluding tert-OH is 1. The number of carbonyl (C=O) groups is 5. The quantitative estimate of drug-likeness (QED) is 0.0237. The number of carbonyl (C=O) groups excluding carboxylic acids is 4. The van der Waals surface area contributed by atoms with Crippen LogP contribution in [0.1, 0.15) is 161 Å². The van der Waals surface area contributed by atoms with Crippen LogP contribution in [0.2, 0.25) is 0 Å². The average Bonchev–Trinajstić information content (AvgIpc) is 1.44. The van der Waals surface area contributed by atoms with Gasteiger partial charge in [0.1, 0.15) is 12.1 Å². The molecule has 3 aromatic carbocycles. The summed E-state index contributed by atoms with van der Waals surface area (Å²) in [6, 6.07) is 18.5. The monoisotopic (exact) mass is 1340 g/mol. The van der Waals surface area contributed by atoms with Crippen LogP contribution in [0.3, 0.4) is 0 Å². The number of nitrogens with one attached hydrogen (secondary N) is 3. The number of fused-ring (bicyclic) bond motifs is 2. The van der Waals surface area contributed by atoms with E-state index in [0.29, 0.717) is 92.2 Å². The zero-order valence-electron chi connectivity index (χ0n) is 54.5. The molecule has 24 heteroatoms. The standard InChI is InChI=1S/C70H85FN12O8S3/c1-44-51-21-18-34-82(64(51)79-78-63(44)77-68-74-53-22-15-16-23-56(53)93-68)69-76-60(67(89)90)57(94-69)24-19-39-91-55-32-27-47(40-52(55)71)20-17-33-80-35-37-81(38-36-80)59(86)26-14-12-10-8-7-9-11-13-25-58(85)75-62(70(4,5)6)66(88)83-42-50(84)41-54(83)65(87)73-45(2)48-28-30-49(31-29-48)61-46(3)72-43-92-61/h15-16,22-23,27-32,40,43,45,50,54,62,84H,7-14,18-19,21,24-26,33-39,41-42H2,1-6H3,(H,73,87)(H,75,85)(H,89,90)(H,74,77,78)/t45-,50+,54-,62+/m0/s1. The average molecular weight is 1340 g/mol. The second-order valence-corrected chi connectivity index (χ2v) is 28.6. The summed E-state index contributed by atoms with van der Waals surface area (Å²) in [6.07, 6.45) is 9.99. The van der Waals surface area contributed by atoms with Crippen molar-refractivity contribution in [3.63, 3.8) is 0 Å². The zero-order valence-corrected chi connectivity index (χ0v) is 56.9. The van der Waals surface area contributed by atoms with Gasteiger partial charge >= 0.3 is 5.97 Å². The summed E-state index contributed by atoms with van der Waals surface area (Å²) in [7, 11) is 0. The van der Waals surface area contributed by atoms with Gasteiger partial charge in [-0.1, -0.05) is 119 Å². The number of aliphatic hydroxyl groups is 1. The Balaban J connectivity index is 0.570. The third-order valence-electron chi connectivity index (χ3n) is 17.6. The fourth-order valence-corrected chi connectivity index (χ4v) is 15.0. The fourth-order valence-electron chi connectivity index (χ4n) is 12.3. The van der Waals surface area contributed by atoms with Crippen LogP contribution in [-0.4, -0.2) is 150 Å². The number of likely N-dealkylation sites (tertiary alicyclic amines) is 1. The van der Waals surface area contributed by atoms with E-state index in [9.17, 15) is 34.2 Å². The van der Waals surface area contributed by atoms with Crippen molar-refractivity contribution in [1.29, 1.82) is 0 Å². The second-order valence-electron chi connectivity index (χ2n) is 25.7. The molecule has 7 heterocycles. The van der Waals surface area contributed by atoms with Crippen molar-refractivity contribution in [3.05, 3.63) is 117 Å². The number of aromatic carboxylic acids is 1. The van der Waals surface area contributed by atoms with Gasteiger partial charge in [-0.25, -0.2) is 24.1 Å². The normalized spacial score (nSPS) is 16.5. The molecule has 0 bridgehead atoms. The number of benzene rings is 3. The third kappa shape index (κ3) is 17.7. The number of rotatable bonds is 27. The van der Waals surface area contributed by atoms with Gasteiger partial charge in [-0.15, -0.1) is 32.9 Å². The molecule has 0 saturated carbocycles. The molecular formula is C70H85FN12O8S3. The number of anilines is 4. The number of thiazole rings is 3. The number of halogens is 1. The minimum atomic E-state index is -1.12. The van der Waals surface area contributed by atoms with Crippen LogP contribution in [0.4, 0.5) is 26.3 Å². The van der Waals surface area contributed by atoms with Gasteiger partial charge in [0, 0.05) is 80.1 Å². The van der Waals surface area contributed by atoms with Crippen LogP contribution in [0, 0.1) is 36.9 Å². The minimum Gasteiger partial charge on any atom is -0.491 e. The molecule has 2 saturated heterocycles. The van der Waals surface area contributed by atoms with Gasteiger partial charge in [0.05, 0.1) is 51.6 Å². The molecule has 10 rings (SSSR count). The number of aryl methyl sites for hydroxylation is 2. The SMILES string of the molecule is Cc1ncsc1-c1ccc([C@H](C)NC(=O)[C@@H]2C[C@@H](O)CN2C(=O)[C@@H](NC(=O)CCCCCCCCCCC(=O)N2CCN(CC#Cc3ccc(OCCCc4sc(N5CCCc6c5nnc(Nc5nc7ccccc7s5)c6C)nc4C(=O)O)c(F)c3)CC2)C(C)(C)C)cc1. The summed E-state index contributed by atoms with van der Waals surface area (Å²) in [4.78, 5) is 89.4. The highest BCUT2D eigenvalue weighted by Crippen LogP contribution is 2.40. The van der Waals surface area contributed by atoms with Gasteiger partial charge in [0.2, 0.25) is 23.6 Å². The van der Waals surface area contributed by atoms with Crippen LogP contribution < -0.4 is 25.6 Å². The van der Waals surface area contributed by atoms with Gasteiger partial charge in [-0.3, -0.25) is 24.1 Å². The largest absolute Gasteiger partial charge is 0.491 e. The molecule has 3 aliphatic rings. The lowest BCUT2D eigenvalue weighted by atomic mass is 9.85. The van der Waals surface area contributed by atoms with Gasteiger partial charge < -0.3 is 45.6 Å². The highest BCUT2D eigenvalue weighted by molar-refractivity contribution is 7.22. The van der Waals surface area contributed by atoms with Crippen molar-refractivity contribution in [1.82, 2.24) is 50.5 Å². The van der Waals surface area contributed by atoms with Gasteiger partial charge in [0.15, 0.2) is 39.2 Å². The summed E-state index contributed by atoms with van der Waals surface area (Å²) in [5.41, 5.74) is 7.50. The molecular weight excluding hydrogens is 1250 g/mol. The van der Waals surface area contributed by atoms with Crippen molar-refractivity contribution in [2.75, 3.05) is 62.6 Å². The first-order valence-electron chi connectivity index (χ1n) is 32.8. The maximum absolute atomic E-state index is 15.3. The van der Waals surface area contributed by atoms with E-state index < -0.39 is 35.4 Å². The molecule has 5 N–H and O–H groups in total. The van der Waals surface area contributed by atoms with E-state index in [-0.39, 0.29) is 67.1 Å². The molecule has 4 aromatic heterocycles. The lowest BCUT2D eigenvalue weighted by Gasteiger charge is -2.35. The number of nitrogens with zero attached hydrogens (tertiary/aromatic N) is 9. The van der Waals surface area contributed by atoms with E-state index in [4.69, 9.17) is 4.74 Å². The lowest BCUT2D eigenvalue weighted by molar-refractivity contribution is -0.144.